The van der Waals surface area contributed by atoms with Crippen LogP contribution in [0, 0.1) is 11.8 Å². The molecule has 17 nitrogen and oxygen atoms in total. The zero-order valence-electron chi connectivity index (χ0n) is 59.1. The SMILES string of the molecule is CCCCCCCCCCCCCCCCC(=O)OC[C@H](COP(=O)(O)OC[C@@H](O)COP(=O)(O)OC[C@@H](COC(=O)CCCCCCCCC(C)C)OC(=O)CCCCCCCCCCCCCCCC)OC(=O)CCCCCCCCCCCCCC(C)C. The fraction of sp³-hybridized carbons (Fsp3) is 0.944. The van der Waals surface area contributed by atoms with Crippen LogP contribution >= 0.6 is 15.6 Å². The molecule has 0 radical (unpaired) electrons. The molecular weight excluding hydrogens is 1200 g/mol. The minimum atomic E-state index is -4.95. The predicted molar refractivity (Wildman–Crippen MR) is 368 cm³/mol. The first-order valence-corrected chi connectivity index (χ1v) is 40.5. The summed E-state index contributed by atoms with van der Waals surface area (Å²) in [6.07, 6.45) is 50.0. The molecule has 0 heterocycles. The first-order valence-electron chi connectivity index (χ1n) is 37.5. The summed E-state index contributed by atoms with van der Waals surface area (Å²) in [5.41, 5.74) is 0. The second kappa shape index (κ2) is 64.1. The van der Waals surface area contributed by atoms with Gasteiger partial charge in [-0.2, -0.15) is 0 Å². The van der Waals surface area contributed by atoms with E-state index in [1.807, 2.05) is 0 Å². The third-order valence-corrected chi connectivity index (χ3v) is 18.6. The van der Waals surface area contributed by atoms with Gasteiger partial charge < -0.3 is 33.8 Å². The molecule has 0 aromatic carbocycles. The van der Waals surface area contributed by atoms with Crippen molar-refractivity contribution < 1.29 is 80.2 Å². The first kappa shape index (κ1) is 89.1. The molecule has 0 saturated heterocycles. The van der Waals surface area contributed by atoms with Crippen LogP contribution in [0.3, 0.4) is 0 Å². The quantitative estimate of drug-likeness (QED) is 0.0222. The Labute approximate surface area is 556 Å². The molecule has 0 fully saturated rings. The van der Waals surface area contributed by atoms with Crippen molar-refractivity contribution in [1.29, 1.82) is 0 Å². The molecule has 540 valence electrons. The van der Waals surface area contributed by atoms with Gasteiger partial charge in [-0.15, -0.1) is 0 Å². The second-order valence-electron chi connectivity index (χ2n) is 26.9. The van der Waals surface area contributed by atoms with Gasteiger partial charge in [0.15, 0.2) is 12.2 Å². The maximum absolute atomic E-state index is 13.0. The summed E-state index contributed by atoms with van der Waals surface area (Å²) in [5, 5.41) is 10.6. The fourth-order valence-electron chi connectivity index (χ4n) is 10.9. The Hall–Kier alpha value is -1.94. The van der Waals surface area contributed by atoms with Crippen LogP contribution in [0.1, 0.15) is 369 Å². The molecular formula is C72H140O17P2. The van der Waals surface area contributed by atoms with E-state index in [1.165, 1.54) is 180 Å². The van der Waals surface area contributed by atoms with Crippen molar-refractivity contribution in [2.45, 2.75) is 387 Å². The zero-order chi connectivity index (χ0) is 67.2. The maximum atomic E-state index is 13.0. The number of phosphoric ester groups is 2. The van der Waals surface area contributed by atoms with Gasteiger partial charge >= 0.3 is 39.5 Å². The van der Waals surface area contributed by atoms with Gasteiger partial charge in [0.25, 0.3) is 0 Å². The van der Waals surface area contributed by atoms with E-state index in [9.17, 15) is 43.2 Å². The van der Waals surface area contributed by atoms with E-state index in [1.54, 1.807) is 0 Å². The summed E-state index contributed by atoms with van der Waals surface area (Å²) < 4.78 is 68.4. The topological polar surface area (TPSA) is 237 Å². The molecule has 0 aromatic rings. The van der Waals surface area contributed by atoms with Crippen molar-refractivity contribution in [2.75, 3.05) is 39.6 Å². The number of esters is 4. The monoisotopic (exact) mass is 1340 g/mol. The largest absolute Gasteiger partial charge is 0.472 e. The number of carbonyl (C=O) groups is 4. The van der Waals surface area contributed by atoms with Gasteiger partial charge in [0, 0.05) is 25.7 Å². The van der Waals surface area contributed by atoms with Crippen LogP contribution < -0.4 is 0 Å². The van der Waals surface area contributed by atoms with Crippen LogP contribution in [0.25, 0.3) is 0 Å². The van der Waals surface area contributed by atoms with Crippen molar-refractivity contribution in [1.82, 2.24) is 0 Å². The third kappa shape index (κ3) is 66.5. The molecule has 0 aliphatic rings. The summed E-state index contributed by atoms with van der Waals surface area (Å²) in [6, 6.07) is 0. The smallest absolute Gasteiger partial charge is 0.462 e. The average Bonchev–Trinajstić information content (AvgIpc) is 3.48. The van der Waals surface area contributed by atoms with Crippen LogP contribution in [0.2, 0.25) is 0 Å². The van der Waals surface area contributed by atoms with Gasteiger partial charge in [-0.05, 0) is 37.5 Å². The van der Waals surface area contributed by atoms with Crippen molar-refractivity contribution in [2.24, 2.45) is 11.8 Å². The highest BCUT2D eigenvalue weighted by atomic mass is 31.2. The summed E-state index contributed by atoms with van der Waals surface area (Å²) in [6.45, 7) is 9.49. The maximum Gasteiger partial charge on any atom is 0.472 e. The lowest BCUT2D eigenvalue weighted by molar-refractivity contribution is -0.161. The number of hydrogen-bond acceptors (Lipinski definition) is 15. The lowest BCUT2D eigenvalue weighted by Crippen LogP contribution is -2.30. The highest BCUT2D eigenvalue weighted by Crippen LogP contribution is 2.45. The van der Waals surface area contributed by atoms with E-state index in [2.05, 4.69) is 41.5 Å². The number of aliphatic hydroxyl groups is 1. The Balaban J connectivity index is 5.24. The number of phosphoric acid groups is 2. The number of carbonyl (C=O) groups excluding carboxylic acids is 4. The molecule has 0 amide bonds. The summed E-state index contributed by atoms with van der Waals surface area (Å²) >= 11 is 0. The Morgan fingerprint density at radius 3 is 0.747 bits per heavy atom. The molecule has 3 N–H and O–H groups in total. The summed E-state index contributed by atoms with van der Waals surface area (Å²) in [5.74, 6) is -0.676. The first-order chi connectivity index (χ1) is 43.9. The van der Waals surface area contributed by atoms with Gasteiger partial charge in [0.05, 0.1) is 26.4 Å². The van der Waals surface area contributed by atoms with Crippen LogP contribution in [0.4, 0.5) is 0 Å². The predicted octanol–water partition coefficient (Wildman–Crippen LogP) is 20.8. The fourth-order valence-corrected chi connectivity index (χ4v) is 12.5. The van der Waals surface area contributed by atoms with Gasteiger partial charge in [-0.25, -0.2) is 9.13 Å². The number of rotatable bonds is 71. The van der Waals surface area contributed by atoms with Gasteiger partial charge in [0.1, 0.15) is 19.3 Å². The van der Waals surface area contributed by atoms with Crippen molar-refractivity contribution in [3.05, 3.63) is 0 Å². The van der Waals surface area contributed by atoms with Crippen LogP contribution in [-0.4, -0.2) is 96.7 Å². The molecule has 0 saturated carbocycles. The van der Waals surface area contributed by atoms with Gasteiger partial charge in [0.2, 0.25) is 0 Å². The molecule has 5 atom stereocenters. The highest BCUT2D eigenvalue weighted by Gasteiger charge is 2.30. The third-order valence-electron chi connectivity index (χ3n) is 16.7. The van der Waals surface area contributed by atoms with Crippen LogP contribution in [0.5, 0.6) is 0 Å². The second-order valence-corrected chi connectivity index (χ2v) is 29.8. The molecule has 91 heavy (non-hydrogen) atoms. The Bertz CT molecular complexity index is 1770. The van der Waals surface area contributed by atoms with Crippen molar-refractivity contribution >= 4 is 39.5 Å². The van der Waals surface area contributed by atoms with Gasteiger partial charge in [-0.3, -0.25) is 37.3 Å². The highest BCUT2D eigenvalue weighted by molar-refractivity contribution is 7.47. The van der Waals surface area contributed by atoms with E-state index >= 15 is 0 Å². The lowest BCUT2D eigenvalue weighted by atomic mass is 10.0. The lowest BCUT2D eigenvalue weighted by Gasteiger charge is -2.21. The Morgan fingerprint density at radius 2 is 0.505 bits per heavy atom. The molecule has 0 aliphatic carbocycles. The van der Waals surface area contributed by atoms with Gasteiger partial charge in [-0.1, -0.05) is 318 Å². The number of hydrogen-bond donors (Lipinski definition) is 3. The Kier molecular flexibility index (Phi) is 62.7. The summed E-state index contributed by atoms with van der Waals surface area (Å²) in [4.78, 5) is 72.6. The molecule has 0 spiro atoms. The standard InChI is InChI=1S/C72H140O17P2/c1-7-9-11-13-15-17-19-21-23-27-31-35-42-48-54-69(74)82-60-67(88-72(77)57-51-45-37-33-29-25-26-30-34-40-46-52-64(3)4)62-86-90(78,79)84-58-66(73)59-85-91(80,81)87-63-68(61-83-70(75)55-49-43-39-38-41-47-53-65(5)6)89-71(76)56-50-44-36-32-28-24-22-20-18-16-14-12-10-8-2/h64-68,73H,7-63H2,1-6H3,(H,78,79)(H,80,81)/t66-,67-,68-/m1/s1. The summed E-state index contributed by atoms with van der Waals surface area (Å²) in [7, 11) is -9.90. The normalized spacial score (nSPS) is 14.1. The zero-order valence-corrected chi connectivity index (χ0v) is 60.9. The van der Waals surface area contributed by atoms with E-state index in [4.69, 9.17) is 37.0 Å². The molecule has 0 aliphatic heterocycles. The van der Waals surface area contributed by atoms with Crippen molar-refractivity contribution in [3.63, 3.8) is 0 Å². The van der Waals surface area contributed by atoms with Crippen molar-refractivity contribution in [3.8, 4) is 0 Å². The average molecular weight is 1340 g/mol. The van der Waals surface area contributed by atoms with E-state index in [-0.39, 0.29) is 25.7 Å². The molecule has 19 heteroatoms. The number of ether oxygens (including phenoxy) is 4. The number of aliphatic hydroxyl groups excluding tert-OH is 1. The van der Waals surface area contributed by atoms with E-state index < -0.39 is 97.5 Å². The molecule has 0 bridgehead atoms. The minimum Gasteiger partial charge on any atom is -0.462 e. The van der Waals surface area contributed by atoms with E-state index in [0.29, 0.717) is 31.6 Å². The molecule has 0 rings (SSSR count). The molecule has 0 aromatic heterocycles. The molecule has 2 unspecified atom stereocenters. The van der Waals surface area contributed by atoms with Crippen LogP contribution in [0.15, 0.2) is 0 Å². The van der Waals surface area contributed by atoms with Crippen LogP contribution in [-0.2, 0) is 65.4 Å². The number of unbranched alkanes of at least 4 members (excludes halogenated alkanes) is 41. The minimum absolute atomic E-state index is 0.107. The Morgan fingerprint density at radius 1 is 0.297 bits per heavy atom. The van der Waals surface area contributed by atoms with E-state index in [0.717, 1.165) is 102 Å².